The molecule has 2 nitrogen and oxygen atoms in total. The van der Waals surface area contributed by atoms with Crippen LogP contribution in [0.4, 0.5) is 0 Å². The van der Waals surface area contributed by atoms with Crippen LogP contribution in [0.5, 0.6) is 0 Å². The molecule has 0 spiro atoms. The SMILES string of the molecule is O=C(C[C@H]1C[C@]1(O)c1ccccc1)c1ccccc1. The van der Waals surface area contributed by atoms with E-state index in [0.29, 0.717) is 12.8 Å². The molecule has 19 heavy (non-hydrogen) atoms. The molecule has 0 unspecified atom stereocenters. The highest BCUT2D eigenvalue weighted by Gasteiger charge is 2.54. The highest BCUT2D eigenvalue weighted by atomic mass is 16.3. The molecule has 1 aliphatic carbocycles. The molecule has 0 amide bonds. The second kappa shape index (κ2) is 4.63. The van der Waals surface area contributed by atoms with Crippen molar-refractivity contribution >= 4 is 5.78 Å². The Bertz CT molecular complexity index is 577. The molecular weight excluding hydrogens is 236 g/mol. The Morgan fingerprint density at radius 1 is 1.05 bits per heavy atom. The lowest BCUT2D eigenvalue weighted by Crippen LogP contribution is -2.11. The van der Waals surface area contributed by atoms with E-state index < -0.39 is 5.60 Å². The van der Waals surface area contributed by atoms with Gasteiger partial charge >= 0.3 is 0 Å². The zero-order valence-electron chi connectivity index (χ0n) is 10.6. The summed E-state index contributed by atoms with van der Waals surface area (Å²) in [5.74, 6) is 0.153. The first-order valence-corrected chi connectivity index (χ1v) is 6.56. The largest absolute Gasteiger partial charge is 0.385 e. The van der Waals surface area contributed by atoms with Crippen LogP contribution in [0.2, 0.25) is 0 Å². The van der Waals surface area contributed by atoms with E-state index in [4.69, 9.17) is 0 Å². The molecule has 0 aromatic heterocycles. The van der Waals surface area contributed by atoms with E-state index in [2.05, 4.69) is 0 Å². The van der Waals surface area contributed by atoms with Gasteiger partial charge in [0.25, 0.3) is 0 Å². The predicted octanol–water partition coefficient (Wildman–Crippen LogP) is 3.17. The van der Waals surface area contributed by atoms with Gasteiger partial charge in [-0.25, -0.2) is 0 Å². The van der Waals surface area contributed by atoms with Gasteiger partial charge in [-0.2, -0.15) is 0 Å². The summed E-state index contributed by atoms with van der Waals surface area (Å²) < 4.78 is 0. The van der Waals surface area contributed by atoms with Gasteiger partial charge in [0, 0.05) is 17.9 Å². The molecule has 96 valence electrons. The fourth-order valence-corrected chi connectivity index (χ4v) is 2.60. The Morgan fingerprint density at radius 2 is 1.63 bits per heavy atom. The van der Waals surface area contributed by atoms with Gasteiger partial charge in [-0.15, -0.1) is 0 Å². The Labute approximate surface area is 112 Å². The fourth-order valence-electron chi connectivity index (χ4n) is 2.60. The van der Waals surface area contributed by atoms with Crippen LogP contribution in [-0.4, -0.2) is 10.9 Å². The predicted molar refractivity (Wildman–Crippen MR) is 73.8 cm³/mol. The van der Waals surface area contributed by atoms with Crippen molar-refractivity contribution in [3.8, 4) is 0 Å². The van der Waals surface area contributed by atoms with Crippen LogP contribution in [0.1, 0.15) is 28.8 Å². The summed E-state index contributed by atoms with van der Waals surface area (Å²) >= 11 is 0. The summed E-state index contributed by atoms with van der Waals surface area (Å²) in [6.07, 6.45) is 1.09. The van der Waals surface area contributed by atoms with Crippen molar-refractivity contribution in [2.24, 2.45) is 5.92 Å². The van der Waals surface area contributed by atoms with Gasteiger partial charge in [0.05, 0.1) is 5.60 Å². The number of ketones is 1. The Morgan fingerprint density at radius 3 is 2.26 bits per heavy atom. The van der Waals surface area contributed by atoms with Crippen molar-refractivity contribution in [3.63, 3.8) is 0 Å². The first-order chi connectivity index (χ1) is 9.20. The van der Waals surface area contributed by atoms with Crippen molar-refractivity contribution < 1.29 is 9.90 Å². The maximum absolute atomic E-state index is 12.1. The minimum atomic E-state index is -0.800. The first kappa shape index (κ1) is 12.1. The molecule has 2 heteroatoms. The third kappa shape index (κ3) is 2.32. The average Bonchev–Trinajstić information content (AvgIpc) is 3.12. The molecule has 0 saturated heterocycles. The van der Waals surface area contributed by atoms with Gasteiger partial charge in [0.15, 0.2) is 5.78 Å². The zero-order chi connectivity index (χ0) is 13.3. The topological polar surface area (TPSA) is 37.3 Å². The van der Waals surface area contributed by atoms with E-state index in [1.807, 2.05) is 60.7 Å². The second-order valence-electron chi connectivity index (χ2n) is 5.18. The van der Waals surface area contributed by atoms with Gasteiger partial charge < -0.3 is 5.11 Å². The standard InChI is InChI=1S/C17H16O2/c18-16(13-7-3-1-4-8-13)11-15-12-17(15,19)14-9-5-2-6-10-14/h1-10,15,19H,11-12H2/t15-,17-/m0/s1. The molecular formula is C17H16O2. The van der Waals surface area contributed by atoms with Crippen LogP contribution in [0.15, 0.2) is 60.7 Å². The lowest BCUT2D eigenvalue weighted by atomic mass is 10.0. The van der Waals surface area contributed by atoms with E-state index in [-0.39, 0.29) is 11.7 Å². The molecule has 2 aromatic rings. The van der Waals surface area contributed by atoms with Gasteiger partial charge in [-0.05, 0) is 12.0 Å². The summed E-state index contributed by atoms with van der Waals surface area (Å²) in [4.78, 5) is 12.1. The van der Waals surface area contributed by atoms with E-state index >= 15 is 0 Å². The number of carbonyl (C=O) groups excluding carboxylic acids is 1. The molecule has 0 heterocycles. The maximum atomic E-state index is 12.1. The van der Waals surface area contributed by atoms with Gasteiger partial charge in [0.1, 0.15) is 0 Å². The monoisotopic (exact) mass is 252 g/mol. The van der Waals surface area contributed by atoms with Gasteiger partial charge in [-0.1, -0.05) is 60.7 Å². The average molecular weight is 252 g/mol. The quantitative estimate of drug-likeness (QED) is 0.849. The fraction of sp³-hybridized carbons (Fsp3) is 0.235. The summed E-state index contributed by atoms with van der Waals surface area (Å²) in [6.45, 7) is 0. The number of aliphatic hydroxyl groups is 1. The Hall–Kier alpha value is -1.93. The second-order valence-corrected chi connectivity index (χ2v) is 5.18. The maximum Gasteiger partial charge on any atom is 0.163 e. The molecule has 0 bridgehead atoms. The number of Topliss-reactive ketones (excluding diaryl/α,β-unsaturated/α-hetero) is 1. The summed E-state index contributed by atoms with van der Waals surface area (Å²) in [7, 11) is 0. The van der Waals surface area contributed by atoms with Crippen LogP contribution >= 0.6 is 0 Å². The molecule has 1 saturated carbocycles. The molecule has 1 fully saturated rings. The normalized spacial score (nSPS) is 25.0. The smallest absolute Gasteiger partial charge is 0.163 e. The third-order valence-electron chi connectivity index (χ3n) is 3.87. The molecule has 0 aliphatic heterocycles. The third-order valence-corrected chi connectivity index (χ3v) is 3.87. The van der Waals surface area contributed by atoms with Crippen molar-refractivity contribution in [1.82, 2.24) is 0 Å². The van der Waals surface area contributed by atoms with Gasteiger partial charge in [0.2, 0.25) is 0 Å². The molecule has 0 radical (unpaired) electrons. The summed E-state index contributed by atoms with van der Waals surface area (Å²) in [5, 5.41) is 10.5. The number of benzene rings is 2. The summed E-state index contributed by atoms with van der Waals surface area (Å²) in [6, 6.07) is 18.9. The number of hydrogen-bond donors (Lipinski definition) is 1. The van der Waals surface area contributed by atoms with Crippen molar-refractivity contribution in [3.05, 3.63) is 71.8 Å². The number of carbonyl (C=O) groups is 1. The minimum Gasteiger partial charge on any atom is -0.385 e. The molecule has 3 rings (SSSR count). The number of rotatable bonds is 4. The van der Waals surface area contributed by atoms with E-state index in [9.17, 15) is 9.90 Å². The van der Waals surface area contributed by atoms with Crippen LogP contribution in [-0.2, 0) is 5.60 Å². The van der Waals surface area contributed by atoms with Crippen molar-refractivity contribution in [2.45, 2.75) is 18.4 Å². The Kier molecular flexibility index (Phi) is 2.96. The lowest BCUT2D eigenvalue weighted by molar-refractivity contribution is 0.0921. The molecule has 2 aromatic carbocycles. The number of hydrogen-bond acceptors (Lipinski definition) is 2. The molecule has 1 aliphatic rings. The zero-order valence-corrected chi connectivity index (χ0v) is 10.6. The van der Waals surface area contributed by atoms with E-state index in [0.717, 1.165) is 11.1 Å². The van der Waals surface area contributed by atoms with Crippen LogP contribution in [0.25, 0.3) is 0 Å². The van der Waals surface area contributed by atoms with E-state index in [1.165, 1.54) is 0 Å². The molecule has 1 N–H and O–H groups in total. The van der Waals surface area contributed by atoms with Gasteiger partial charge in [-0.3, -0.25) is 4.79 Å². The highest BCUT2D eigenvalue weighted by molar-refractivity contribution is 5.96. The van der Waals surface area contributed by atoms with Crippen LogP contribution in [0.3, 0.4) is 0 Å². The highest BCUT2D eigenvalue weighted by Crippen LogP contribution is 2.54. The van der Waals surface area contributed by atoms with Crippen LogP contribution < -0.4 is 0 Å². The summed E-state index contributed by atoms with van der Waals surface area (Å²) in [5.41, 5.74) is 0.844. The molecule has 2 atom stereocenters. The minimum absolute atomic E-state index is 0.0441. The first-order valence-electron chi connectivity index (χ1n) is 6.56. The van der Waals surface area contributed by atoms with Crippen LogP contribution in [0, 0.1) is 5.92 Å². The lowest BCUT2D eigenvalue weighted by Gasteiger charge is -2.10. The Balaban J connectivity index is 1.69. The van der Waals surface area contributed by atoms with E-state index in [1.54, 1.807) is 0 Å². The van der Waals surface area contributed by atoms with Crippen molar-refractivity contribution in [2.75, 3.05) is 0 Å². The van der Waals surface area contributed by atoms with Crippen molar-refractivity contribution in [1.29, 1.82) is 0 Å².